The highest BCUT2D eigenvalue weighted by atomic mass is 16.1. The molecule has 1 atom stereocenters. The molecule has 19 heavy (non-hydrogen) atoms. The largest absolute Gasteiger partial charge is 0.355 e. The molecule has 0 aromatic rings. The van der Waals surface area contributed by atoms with Crippen molar-refractivity contribution in [2.45, 2.75) is 52.9 Å². The molecule has 0 heterocycles. The summed E-state index contributed by atoms with van der Waals surface area (Å²) < 4.78 is 0. The van der Waals surface area contributed by atoms with Crippen molar-refractivity contribution in [2.75, 3.05) is 32.7 Å². The summed E-state index contributed by atoms with van der Waals surface area (Å²) in [6.07, 6.45) is 4.91. The van der Waals surface area contributed by atoms with Gasteiger partial charge in [-0.15, -0.1) is 0 Å². The predicted octanol–water partition coefficient (Wildman–Crippen LogP) is 1.99. The smallest absolute Gasteiger partial charge is 0.220 e. The second-order valence-corrected chi connectivity index (χ2v) is 5.17. The molecule has 1 amide bonds. The lowest BCUT2D eigenvalue weighted by molar-refractivity contribution is -0.121. The predicted molar refractivity (Wildman–Crippen MR) is 82.1 cm³/mol. The highest BCUT2D eigenvalue weighted by Gasteiger charge is 2.09. The number of carbonyl (C=O) groups is 1. The van der Waals surface area contributed by atoms with E-state index in [-0.39, 0.29) is 5.91 Å². The Morgan fingerprint density at radius 1 is 1.21 bits per heavy atom. The molecular formula is C15H33N3O. The van der Waals surface area contributed by atoms with E-state index in [0.29, 0.717) is 12.3 Å². The number of hydrogen-bond donors (Lipinski definition) is 2. The van der Waals surface area contributed by atoms with Crippen molar-refractivity contribution >= 4 is 5.91 Å². The molecule has 0 aromatic carbocycles. The molecule has 1 unspecified atom stereocenters. The van der Waals surface area contributed by atoms with Crippen LogP contribution in [0.4, 0.5) is 0 Å². The van der Waals surface area contributed by atoms with Gasteiger partial charge in [0, 0.05) is 19.5 Å². The van der Waals surface area contributed by atoms with Crippen molar-refractivity contribution in [3.8, 4) is 0 Å². The van der Waals surface area contributed by atoms with E-state index in [1.807, 2.05) is 0 Å². The molecule has 0 saturated carbocycles. The van der Waals surface area contributed by atoms with Gasteiger partial charge in [0.1, 0.15) is 0 Å². The van der Waals surface area contributed by atoms with Gasteiger partial charge in [0.05, 0.1) is 0 Å². The summed E-state index contributed by atoms with van der Waals surface area (Å²) in [6, 6.07) is 0. The first kappa shape index (κ1) is 18.4. The van der Waals surface area contributed by atoms with Crippen molar-refractivity contribution in [2.24, 2.45) is 11.7 Å². The summed E-state index contributed by atoms with van der Waals surface area (Å²) in [4.78, 5) is 14.1. The van der Waals surface area contributed by atoms with Crippen LogP contribution in [0.1, 0.15) is 52.9 Å². The molecule has 0 fully saturated rings. The minimum Gasteiger partial charge on any atom is -0.355 e. The van der Waals surface area contributed by atoms with E-state index in [4.69, 9.17) is 5.73 Å². The van der Waals surface area contributed by atoms with Gasteiger partial charge in [0.2, 0.25) is 5.91 Å². The minimum absolute atomic E-state index is 0.183. The second kappa shape index (κ2) is 12.4. The number of carbonyl (C=O) groups excluding carboxylic acids is 1. The van der Waals surface area contributed by atoms with E-state index >= 15 is 0 Å². The third kappa shape index (κ3) is 9.91. The highest BCUT2D eigenvalue weighted by Crippen LogP contribution is 2.14. The molecule has 0 aliphatic carbocycles. The summed E-state index contributed by atoms with van der Waals surface area (Å²) in [5, 5.41) is 3.02. The fourth-order valence-corrected chi connectivity index (χ4v) is 2.31. The van der Waals surface area contributed by atoms with Crippen LogP contribution in [0.25, 0.3) is 0 Å². The van der Waals surface area contributed by atoms with Crippen LogP contribution < -0.4 is 11.1 Å². The number of likely N-dealkylation sites (N-methyl/N-ethyl adjacent to an activating group) is 1. The molecule has 0 aliphatic rings. The quantitative estimate of drug-likeness (QED) is 0.571. The Morgan fingerprint density at radius 3 is 2.47 bits per heavy atom. The first-order valence-electron chi connectivity index (χ1n) is 7.86. The van der Waals surface area contributed by atoms with Gasteiger partial charge in [-0.2, -0.15) is 0 Å². The van der Waals surface area contributed by atoms with Gasteiger partial charge in [-0.05, 0) is 44.8 Å². The molecule has 0 bridgehead atoms. The summed E-state index contributed by atoms with van der Waals surface area (Å²) in [5.74, 6) is 0.783. The lowest BCUT2D eigenvalue weighted by Gasteiger charge is -2.19. The van der Waals surface area contributed by atoms with Crippen LogP contribution in [-0.4, -0.2) is 43.5 Å². The number of nitrogens with one attached hydrogen (secondary N) is 1. The summed E-state index contributed by atoms with van der Waals surface area (Å²) in [7, 11) is 0. The maximum absolute atomic E-state index is 11.7. The normalized spacial score (nSPS) is 12.7. The third-order valence-electron chi connectivity index (χ3n) is 3.67. The Hall–Kier alpha value is -0.610. The topological polar surface area (TPSA) is 58.4 Å². The molecule has 3 N–H and O–H groups in total. The monoisotopic (exact) mass is 271 g/mol. The van der Waals surface area contributed by atoms with Gasteiger partial charge in [0.25, 0.3) is 0 Å². The summed E-state index contributed by atoms with van der Waals surface area (Å²) >= 11 is 0. The number of amides is 1. The zero-order valence-corrected chi connectivity index (χ0v) is 13.1. The fourth-order valence-electron chi connectivity index (χ4n) is 2.31. The SMILES string of the molecule is CCCN(CC)CCNC(=O)CCC(CC)CCN. The molecule has 4 heteroatoms. The van der Waals surface area contributed by atoms with Crippen LogP contribution in [0.15, 0.2) is 0 Å². The lowest BCUT2D eigenvalue weighted by atomic mass is 9.96. The Balaban J connectivity index is 3.68. The molecule has 0 spiro atoms. The number of rotatable bonds is 12. The van der Waals surface area contributed by atoms with Gasteiger partial charge < -0.3 is 16.0 Å². The Bertz CT molecular complexity index is 221. The van der Waals surface area contributed by atoms with Crippen molar-refractivity contribution in [3.63, 3.8) is 0 Å². The Kier molecular flexibility index (Phi) is 12.0. The molecule has 0 aromatic heterocycles. The maximum atomic E-state index is 11.7. The van der Waals surface area contributed by atoms with Crippen molar-refractivity contribution in [1.82, 2.24) is 10.2 Å². The average molecular weight is 271 g/mol. The lowest BCUT2D eigenvalue weighted by Crippen LogP contribution is -2.35. The Labute approximate surface area is 119 Å². The van der Waals surface area contributed by atoms with E-state index in [9.17, 15) is 4.79 Å². The molecule has 0 aliphatic heterocycles. The van der Waals surface area contributed by atoms with Gasteiger partial charge in [0.15, 0.2) is 0 Å². The van der Waals surface area contributed by atoms with E-state index in [1.165, 1.54) is 6.42 Å². The van der Waals surface area contributed by atoms with Gasteiger partial charge in [-0.25, -0.2) is 0 Å². The highest BCUT2D eigenvalue weighted by molar-refractivity contribution is 5.75. The first-order chi connectivity index (χ1) is 9.17. The molecular weight excluding hydrogens is 238 g/mol. The van der Waals surface area contributed by atoms with E-state index in [2.05, 4.69) is 31.0 Å². The van der Waals surface area contributed by atoms with Crippen LogP contribution in [0.3, 0.4) is 0 Å². The zero-order chi connectivity index (χ0) is 14.5. The standard InChI is InChI=1S/C15H33N3O/c1-4-12-18(6-3)13-11-17-15(19)8-7-14(5-2)9-10-16/h14H,4-13,16H2,1-3H3,(H,17,19). The number of nitrogens with two attached hydrogens (primary N) is 1. The third-order valence-corrected chi connectivity index (χ3v) is 3.67. The van der Waals surface area contributed by atoms with E-state index in [0.717, 1.165) is 52.0 Å². The summed E-state index contributed by atoms with van der Waals surface area (Å²) in [5.41, 5.74) is 5.56. The van der Waals surface area contributed by atoms with Crippen molar-refractivity contribution in [1.29, 1.82) is 0 Å². The molecule has 0 saturated heterocycles. The van der Waals surface area contributed by atoms with Crippen LogP contribution in [0.5, 0.6) is 0 Å². The van der Waals surface area contributed by atoms with Gasteiger partial charge in [-0.1, -0.05) is 27.2 Å². The van der Waals surface area contributed by atoms with Gasteiger partial charge >= 0.3 is 0 Å². The van der Waals surface area contributed by atoms with Crippen molar-refractivity contribution in [3.05, 3.63) is 0 Å². The van der Waals surface area contributed by atoms with Gasteiger partial charge in [-0.3, -0.25) is 4.79 Å². The minimum atomic E-state index is 0.183. The summed E-state index contributed by atoms with van der Waals surface area (Å²) in [6.45, 7) is 11.1. The Morgan fingerprint density at radius 2 is 1.95 bits per heavy atom. The zero-order valence-electron chi connectivity index (χ0n) is 13.1. The average Bonchev–Trinajstić information content (AvgIpc) is 2.42. The maximum Gasteiger partial charge on any atom is 0.220 e. The molecule has 0 rings (SSSR count). The van der Waals surface area contributed by atoms with Crippen LogP contribution >= 0.6 is 0 Å². The van der Waals surface area contributed by atoms with Crippen LogP contribution in [-0.2, 0) is 4.79 Å². The molecule has 114 valence electrons. The van der Waals surface area contributed by atoms with Crippen LogP contribution in [0, 0.1) is 5.92 Å². The fraction of sp³-hybridized carbons (Fsp3) is 0.933. The molecule has 4 nitrogen and oxygen atoms in total. The van der Waals surface area contributed by atoms with Crippen molar-refractivity contribution < 1.29 is 4.79 Å². The van der Waals surface area contributed by atoms with E-state index in [1.54, 1.807) is 0 Å². The van der Waals surface area contributed by atoms with E-state index < -0.39 is 0 Å². The van der Waals surface area contributed by atoms with Crippen LogP contribution in [0.2, 0.25) is 0 Å². The number of hydrogen-bond acceptors (Lipinski definition) is 3. The first-order valence-corrected chi connectivity index (χ1v) is 7.86. The second-order valence-electron chi connectivity index (χ2n) is 5.17. The number of nitrogens with zero attached hydrogens (tertiary/aromatic N) is 1. The molecule has 0 radical (unpaired) electrons.